The molecule has 3 rings (SSSR count). The van der Waals surface area contributed by atoms with Crippen molar-refractivity contribution in [1.82, 2.24) is 4.57 Å². The lowest BCUT2D eigenvalue weighted by Crippen LogP contribution is -2.21. The number of fused-ring (bicyclic) bond motifs is 1. The maximum atomic E-state index is 12.5. The van der Waals surface area contributed by atoms with E-state index in [-0.39, 0.29) is 17.9 Å². The number of nitro benzene ring substituents is 1. The van der Waals surface area contributed by atoms with Crippen LogP contribution in [0.5, 0.6) is 5.75 Å². The normalized spacial score (nSPS) is 10.4. The van der Waals surface area contributed by atoms with Gasteiger partial charge in [0.15, 0.2) is 6.61 Å². The van der Waals surface area contributed by atoms with Crippen LogP contribution in [0.2, 0.25) is 0 Å². The summed E-state index contributed by atoms with van der Waals surface area (Å²) in [5.74, 6) is -0.0768. The molecule has 8 heteroatoms. The van der Waals surface area contributed by atoms with Gasteiger partial charge in [0.05, 0.1) is 10.3 Å². The largest absolute Gasteiger partial charge is 0.483 e. The second-order valence-corrected chi connectivity index (χ2v) is 5.92. The Morgan fingerprint density at radius 2 is 2.00 bits per heavy atom. The third-order valence-corrected chi connectivity index (χ3v) is 4.00. The van der Waals surface area contributed by atoms with Crippen molar-refractivity contribution in [2.75, 3.05) is 11.9 Å². The van der Waals surface area contributed by atoms with Crippen LogP contribution in [0.15, 0.2) is 72.2 Å². The number of hydrogen-bond acceptors (Lipinski definition) is 5. The molecule has 0 radical (unpaired) electrons. The molecule has 0 saturated heterocycles. The number of rotatable bonds is 7. The van der Waals surface area contributed by atoms with Crippen molar-refractivity contribution in [3.8, 4) is 5.75 Å². The summed E-state index contributed by atoms with van der Waals surface area (Å²) >= 11 is 0. The van der Waals surface area contributed by atoms with Gasteiger partial charge in [0.25, 0.3) is 17.2 Å². The van der Waals surface area contributed by atoms with Crippen molar-refractivity contribution in [1.29, 1.82) is 0 Å². The standard InChI is InChI=1S/C20H17N3O5/c1-2-10-22-11-9-16-17(20(22)25)7-4-8-18(16)28-13-19(24)21-14-5-3-6-15(12-14)23(26)27/h2-9,11-12H,1,10,13H2,(H,21,24). The average molecular weight is 379 g/mol. The smallest absolute Gasteiger partial charge is 0.271 e. The maximum Gasteiger partial charge on any atom is 0.271 e. The molecule has 0 aliphatic rings. The molecule has 1 heterocycles. The maximum absolute atomic E-state index is 12.5. The van der Waals surface area contributed by atoms with Gasteiger partial charge < -0.3 is 14.6 Å². The fourth-order valence-electron chi connectivity index (χ4n) is 2.74. The van der Waals surface area contributed by atoms with E-state index >= 15 is 0 Å². The van der Waals surface area contributed by atoms with Crippen molar-refractivity contribution >= 4 is 28.1 Å². The third kappa shape index (κ3) is 4.07. The van der Waals surface area contributed by atoms with E-state index in [9.17, 15) is 19.7 Å². The number of nitrogens with zero attached hydrogens (tertiary/aromatic N) is 2. The van der Waals surface area contributed by atoms with E-state index in [2.05, 4.69) is 11.9 Å². The molecule has 8 nitrogen and oxygen atoms in total. The van der Waals surface area contributed by atoms with Crippen molar-refractivity contribution in [2.24, 2.45) is 0 Å². The molecule has 0 saturated carbocycles. The zero-order valence-electron chi connectivity index (χ0n) is 14.8. The molecule has 0 fully saturated rings. The highest BCUT2D eigenvalue weighted by Gasteiger charge is 2.11. The second kappa shape index (κ2) is 8.17. The predicted molar refractivity (Wildman–Crippen MR) is 106 cm³/mol. The molecular formula is C20H17N3O5. The summed E-state index contributed by atoms with van der Waals surface area (Å²) in [7, 11) is 0. The number of hydrogen-bond donors (Lipinski definition) is 1. The Balaban J connectivity index is 1.74. The quantitative estimate of drug-likeness (QED) is 0.386. The van der Waals surface area contributed by atoms with Crippen LogP contribution in [0.1, 0.15) is 0 Å². The van der Waals surface area contributed by atoms with Gasteiger partial charge in [-0.1, -0.05) is 18.2 Å². The summed E-state index contributed by atoms with van der Waals surface area (Å²) in [5.41, 5.74) is 0.000466. The van der Waals surface area contributed by atoms with Crippen LogP contribution in [0.4, 0.5) is 11.4 Å². The van der Waals surface area contributed by atoms with Crippen LogP contribution in [0.25, 0.3) is 10.8 Å². The van der Waals surface area contributed by atoms with Crippen LogP contribution >= 0.6 is 0 Å². The number of nitro groups is 1. The highest BCUT2D eigenvalue weighted by Crippen LogP contribution is 2.23. The topological polar surface area (TPSA) is 103 Å². The van der Waals surface area contributed by atoms with E-state index in [1.807, 2.05) is 0 Å². The summed E-state index contributed by atoms with van der Waals surface area (Å²) < 4.78 is 7.09. The first kappa shape index (κ1) is 18.8. The fraction of sp³-hybridized carbons (Fsp3) is 0.100. The Morgan fingerprint density at radius 3 is 2.75 bits per heavy atom. The van der Waals surface area contributed by atoms with E-state index in [0.717, 1.165) is 0 Å². The Morgan fingerprint density at radius 1 is 1.21 bits per heavy atom. The van der Waals surface area contributed by atoms with E-state index in [1.165, 1.54) is 22.8 Å². The van der Waals surface area contributed by atoms with Crippen molar-refractivity contribution in [3.05, 3.63) is 87.9 Å². The van der Waals surface area contributed by atoms with Crippen molar-refractivity contribution in [3.63, 3.8) is 0 Å². The van der Waals surface area contributed by atoms with Gasteiger partial charge in [0.1, 0.15) is 5.75 Å². The minimum absolute atomic E-state index is 0.122. The number of carbonyl (C=O) groups excluding carboxylic acids is 1. The number of anilines is 1. The summed E-state index contributed by atoms with van der Waals surface area (Å²) in [4.78, 5) is 34.9. The summed E-state index contributed by atoms with van der Waals surface area (Å²) in [5, 5.41) is 14.4. The lowest BCUT2D eigenvalue weighted by Gasteiger charge is -2.11. The number of amides is 1. The number of nitrogens with one attached hydrogen (secondary N) is 1. The van der Waals surface area contributed by atoms with Gasteiger partial charge >= 0.3 is 0 Å². The Hall–Kier alpha value is -3.94. The third-order valence-electron chi connectivity index (χ3n) is 4.00. The molecule has 2 aromatic carbocycles. The first-order valence-electron chi connectivity index (χ1n) is 8.40. The predicted octanol–water partition coefficient (Wildman–Crippen LogP) is 3.11. The van der Waals surface area contributed by atoms with Crippen LogP contribution in [-0.2, 0) is 11.3 Å². The molecule has 1 amide bonds. The van der Waals surface area contributed by atoms with Crippen LogP contribution in [0.3, 0.4) is 0 Å². The van der Waals surface area contributed by atoms with Crippen LogP contribution in [0, 0.1) is 10.1 Å². The second-order valence-electron chi connectivity index (χ2n) is 5.92. The number of carbonyl (C=O) groups is 1. The number of aromatic nitrogens is 1. The molecule has 0 unspecified atom stereocenters. The first-order valence-corrected chi connectivity index (χ1v) is 8.40. The number of ether oxygens (including phenoxy) is 1. The molecule has 0 aliphatic carbocycles. The SMILES string of the molecule is C=CCn1ccc2c(OCC(=O)Nc3cccc([N+](=O)[O-])c3)cccc2c1=O. The van der Waals surface area contributed by atoms with Gasteiger partial charge in [-0.25, -0.2) is 0 Å². The van der Waals surface area contributed by atoms with Gasteiger partial charge in [-0.3, -0.25) is 19.7 Å². The fourth-order valence-corrected chi connectivity index (χ4v) is 2.74. The summed E-state index contributed by atoms with van der Waals surface area (Å²) in [6, 6.07) is 12.4. The molecule has 1 N–H and O–H groups in total. The summed E-state index contributed by atoms with van der Waals surface area (Å²) in [6.45, 7) is 3.71. The van der Waals surface area contributed by atoms with E-state index < -0.39 is 10.8 Å². The summed E-state index contributed by atoms with van der Waals surface area (Å²) in [6.07, 6.45) is 3.27. The lowest BCUT2D eigenvalue weighted by atomic mass is 10.1. The number of benzene rings is 2. The van der Waals surface area contributed by atoms with Gasteiger partial charge in [0, 0.05) is 35.9 Å². The van der Waals surface area contributed by atoms with E-state index in [1.54, 1.807) is 42.6 Å². The molecule has 142 valence electrons. The molecule has 0 atom stereocenters. The molecule has 1 aromatic heterocycles. The molecular weight excluding hydrogens is 362 g/mol. The zero-order chi connectivity index (χ0) is 20.1. The highest BCUT2D eigenvalue weighted by atomic mass is 16.6. The molecule has 28 heavy (non-hydrogen) atoms. The van der Waals surface area contributed by atoms with Crippen molar-refractivity contribution < 1.29 is 14.5 Å². The average Bonchev–Trinajstić information content (AvgIpc) is 2.69. The lowest BCUT2D eigenvalue weighted by molar-refractivity contribution is -0.384. The minimum atomic E-state index is -0.540. The molecule has 0 bridgehead atoms. The van der Waals surface area contributed by atoms with Gasteiger partial charge in [-0.15, -0.1) is 6.58 Å². The highest BCUT2D eigenvalue weighted by molar-refractivity contribution is 5.93. The first-order chi connectivity index (χ1) is 13.5. The Bertz CT molecular complexity index is 1120. The number of allylic oxidation sites excluding steroid dienone is 1. The van der Waals surface area contributed by atoms with E-state index in [4.69, 9.17) is 4.74 Å². The molecule has 0 aliphatic heterocycles. The van der Waals surface area contributed by atoms with Gasteiger partial charge in [0.2, 0.25) is 0 Å². The Kier molecular flexibility index (Phi) is 5.50. The van der Waals surface area contributed by atoms with Gasteiger partial charge in [-0.2, -0.15) is 0 Å². The van der Waals surface area contributed by atoms with Crippen LogP contribution < -0.4 is 15.6 Å². The van der Waals surface area contributed by atoms with Gasteiger partial charge in [-0.05, 0) is 24.3 Å². The number of pyridine rings is 1. The van der Waals surface area contributed by atoms with E-state index in [0.29, 0.717) is 28.8 Å². The monoisotopic (exact) mass is 379 g/mol. The zero-order valence-corrected chi connectivity index (χ0v) is 14.8. The van der Waals surface area contributed by atoms with Crippen LogP contribution in [-0.4, -0.2) is 22.0 Å². The van der Waals surface area contributed by atoms with Crippen molar-refractivity contribution in [2.45, 2.75) is 6.54 Å². The number of non-ortho nitro benzene ring substituents is 1. The molecule has 0 spiro atoms. The Labute approximate surface area is 159 Å². The molecule has 3 aromatic rings. The minimum Gasteiger partial charge on any atom is -0.483 e.